The molecule has 7 heteroatoms. The molecule has 25 heavy (non-hydrogen) atoms. The number of nitrogen functional groups attached to an aromatic ring is 1. The van der Waals surface area contributed by atoms with Crippen molar-refractivity contribution in [3.8, 4) is 0 Å². The number of anilines is 2. The predicted octanol–water partition coefficient (Wildman–Crippen LogP) is 1.77. The van der Waals surface area contributed by atoms with Gasteiger partial charge in [-0.25, -0.2) is 9.37 Å². The first kappa shape index (κ1) is 17.0. The van der Waals surface area contributed by atoms with Crippen molar-refractivity contribution < 1.29 is 9.13 Å². The lowest BCUT2D eigenvalue weighted by molar-refractivity contribution is -0.0493. The van der Waals surface area contributed by atoms with E-state index in [0.717, 1.165) is 38.5 Å². The summed E-state index contributed by atoms with van der Waals surface area (Å²) in [5.74, 6) is 1.89. The Bertz CT molecular complexity index is 623. The highest BCUT2D eigenvalue weighted by molar-refractivity contribution is 5.40. The van der Waals surface area contributed by atoms with E-state index in [9.17, 15) is 4.39 Å². The number of ether oxygens (including phenoxy) is 1. The summed E-state index contributed by atoms with van der Waals surface area (Å²) in [5, 5.41) is 0. The van der Waals surface area contributed by atoms with E-state index in [2.05, 4.69) is 33.9 Å². The van der Waals surface area contributed by atoms with Crippen LogP contribution in [0, 0.1) is 23.6 Å². The number of nitrogens with zero attached hydrogens (tertiary/aromatic N) is 4. The van der Waals surface area contributed by atoms with E-state index < -0.39 is 5.82 Å². The van der Waals surface area contributed by atoms with Crippen LogP contribution in [0.5, 0.6) is 0 Å². The molecule has 4 atom stereocenters. The van der Waals surface area contributed by atoms with Gasteiger partial charge < -0.3 is 20.3 Å². The van der Waals surface area contributed by atoms with Crippen LogP contribution in [0.1, 0.15) is 25.7 Å². The van der Waals surface area contributed by atoms with Crippen LogP contribution < -0.4 is 10.6 Å². The van der Waals surface area contributed by atoms with Gasteiger partial charge in [-0.05, 0) is 57.5 Å². The van der Waals surface area contributed by atoms with E-state index in [1.807, 2.05) is 0 Å². The smallest absolute Gasteiger partial charge is 0.227 e. The summed E-state index contributed by atoms with van der Waals surface area (Å²) in [7, 11) is 4.30. The fraction of sp³-hybridized carbons (Fsp3) is 0.778. The summed E-state index contributed by atoms with van der Waals surface area (Å²) in [6.07, 6.45) is 6.32. The molecule has 2 heterocycles. The van der Waals surface area contributed by atoms with Gasteiger partial charge in [0.1, 0.15) is 0 Å². The van der Waals surface area contributed by atoms with Crippen LogP contribution in [0.4, 0.5) is 16.2 Å². The molecule has 1 aromatic heterocycles. The lowest BCUT2D eigenvalue weighted by Gasteiger charge is -2.41. The van der Waals surface area contributed by atoms with Crippen LogP contribution in [0.2, 0.25) is 0 Å². The van der Waals surface area contributed by atoms with Gasteiger partial charge in [-0.3, -0.25) is 0 Å². The molecule has 0 amide bonds. The molecule has 1 aromatic rings. The molecule has 0 unspecified atom stereocenters. The van der Waals surface area contributed by atoms with Gasteiger partial charge in [0, 0.05) is 25.7 Å². The standard InChI is InChI=1S/C18H28FN5O/c1-23(2)15-5-12-8-24(18-21-7-14(19)17(20)22-18)9-13(12)6-16(15)25-10-11-3-4-11/h7,11-13,15-16H,3-6,8-10H2,1-2H3,(H2,20,21,22)/t12-,13+,15-,16-/m1/s1. The van der Waals surface area contributed by atoms with Crippen molar-refractivity contribution in [3.63, 3.8) is 0 Å². The number of fused-ring (bicyclic) bond motifs is 1. The van der Waals surface area contributed by atoms with Gasteiger partial charge in [0.25, 0.3) is 0 Å². The Hall–Kier alpha value is -1.47. The van der Waals surface area contributed by atoms with Crippen molar-refractivity contribution in [2.45, 2.75) is 37.8 Å². The Morgan fingerprint density at radius 1 is 1.28 bits per heavy atom. The van der Waals surface area contributed by atoms with Gasteiger partial charge in [-0.15, -0.1) is 0 Å². The Kier molecular flexibility index (Phi) is 4.54. The molecule has 0 aromatic carbocycles. The van der Waals surface area contributed by atoms with Crippen LogP contribution in [-0.4, -0.2) is 60.8 Å². The number of hydrogen-bond acceptors (Lipinski definition) is 6. The fourth-order valence-electron chi connectivity index (χ4n) is 4.34. The van der Waals surface area contributed by atoms with Crippen molar-refractivity contribution in [1.82, 2.24) is 14.9 Å². The highest BCUT2D eigenvalue weighted by Gasteiger charge is 2.44. The Labute approximate surface area is 148 Å². The zero-order valence-corrected chi connectivity index (χ0v) is 15.1. The number of hydrogen-bond donors (Lipinski definition) is 1. The molecule has 6 nitrogen and oxygen atoms in total. The monoisotopic (exact) mass is 349 g/mol. The minimum atomic E-state index is -0.554. The zero-order valence-electron chi connectivity index (χ0n) is 15.1. The highest BCUT2D eigenvalue weighted by atomic mass is 19.1. The summed E-state index contributed by atoms with van der Waals surface area (Å²) in [6.45, 7) is 2.72. The minimum Gasteiger partial charge on any atom is -0.381 e. The van der Waals surface area contributed by atoms with Gasteiger partial charge in [-0.2, -0.15) is 4.98 Å². The lowest BCUT2D eigenvalue weighted by atomic mass is 9.77. The molecule has 2 N–H and O–H groups in total. The van der Waals surface area contributed by atoms with Gasteiger partial charge >= 0.3 is 0 Å². The van der Waals surface area contributed by atoms with Crippen LogP contribution >= 0.6 is 0 Å². The first-order valence-corrected chi connectivity index (χ1v) is 9.32. The minimum absolute atomic E-state index is 0.0725. The maximum absolute atomic E-state index is 13.3. The van der Waals surface area contributed by atoms with Gasteiger partial charge in [0.15, 0.2) is 11.6 Å². The van der Waals surface area contributed by atoms with Crippen molar-refractivity contribution in [1.29, 1.82) is 0 Å². The zero-order chi connectivity index (χ0) is 17.6. The summed E-state index contributed by atoms with van der Waals surface area (Å²) in [5.41, 5.74) is 5.61. The number of likely N-dealkylation sites (N-methyl/N-ethyl adjacent to an activating group) is 1. The average Bonchev–Trinajstić information content (AvgIpc) is 3.32. The third-order valence-electron chi connectivity index (χ3n) is 6.03. The molecule has 0 spiro atoms. The quantitative estimate of drug-likeness (QED) is 0.874. The van der Waals surface area contributed by atoms with Gasteiger partial charge in [0.05, 0.1) is 12.3 Å². The van der Waals surface area contributed by atoms with E-state index in [-0.39, 0.29) is 5.82 Å². The first-order chi connectivity index (χ1) is 12.0. The molecule has 3 fully saturated rings. The molecule has 0 bridgehead atoms. The Balaban J connectivity index is 1.44. The molecule has 1 aliphatic heterocycles. The number of rotatable bonds is 5. The van der Waals surface area contributed by atoms with E-state index >= 15 is 0 Å². The summed E-state index contributed by atoms with van der Waals surface area (Å²) in [6, 6.07) is 0.458. The van der Waals surface area contributed by atoms with Gasteiger partial charge in [0.2, 0.25) is 5.95 Å². The largest absolute Gasteiger partial charge is 0.381 e. The van der Waals surface area contributed by atoms with Crippen LogP contribution in [0.25, 0.3) is 0 Å². The highest BCUT2D eigenvalue weighted by Crippen LogP contribution is 2.40. The first-order valence-electron chi connectivity index (χ1n) is 9.32. The third kappa shape index (κ3) is 3.58. The fourth-order valence-corrected chi connectivity index (χ4v) is 4.34. The molecule has 138 valence electrons. The van der Waals surface area contributed by atoms with Crippen molar-refractivity contribution in [3.05, 3.63) is 12.0 Å². The van der Waals surface area contributed by atoms with E-state index in [1.54, 1.807) is 0 Å². The molecule has 4 rings (SSSR count). The van der Waals surface area contributed by atoms with E-state index in [0.29, 0.717) is 29.9 Å². The van der Waals surface area contributed by atoms with E-state index in [4.69, 9.17) is 10.5 Å². The number of halogens is 1. The third-order valence-corrected chi connectivity index (χ3v) is 6.03. The molecule has 3 aliphatic rings. The molecule has 2 saturated carbocycles. The second-order valence-electron chi connectivity index (χ2n) is 8.15. The summed E-state index contributed by atoms with van der Waals surface area (Å²) in [4.78, 5) is 12.7. The van der Waals surface area contributed by atoms with Crippen molar-refractivity contribution >= 4 is 11.8 Å². The Morgan fingerprint density at radius 3 is 2.64 bits per heavy atom. The van der Waals surface area contributed by atoms with Crippen molar-refractivity contribution in [2.24, 2.45) is 17.8 Å². The Morgan fingerprint density at radius 2 is 2.00 bits per heavy atom. The lowest BCUT2D eigenvalue weighted by Crippen LogP contribution is -2.48. The van der Waals surface area contributed by atoms with E-state index in [1.165, 1.54) is 19.0 Å². The number of aromatic nitrogens is 2. The van der Waals surface area contributed by atoms with Crippen LogP contribution in [0.3, 0.4) is 0 Å². The van der Waals surface area contributed by atoms with Crippen LogP contribution in [0.15, 0.2) is 6.20 Å². The average molecular weight is 349 g/mol. The summed E-state index contributed by atoms with van der Waals surface area (Å²) >= 11 is 0. The van der Waals surface area contributed by atoms with Crippen LogP contribution in [-0.2, 0) is 4.74 Å². The molecular weight excluding hydrogens is 321 g/mol. The molecule has 1 saturated heterocycles. The number of nitrogens with two attached hydrogens (primary N) is 1. The maximum Gasteiger partial charge on any atom is 0.227 e. The normalized spacial score (nSPS) is 32.2. The SMILES string of the molecule is CN(C)[C@@H]1C[C@@H]2CN(c3ncc(F)c(N)n3)C[C@@H]2C[C@H]1OCC1CC1. The predicted molar refractivity (Wildman–Crippen MR) is 94.8 cm³/mol. The molecular formula is C18H28FN5O. The molecule has 0 radical (unpaired) electrons. The van der Waals surface area contributed by atoms with Crippen molar-refractivity contribution in [2.75, 3.05) is 44.4 Å². The maximum atomic E-state index is 13.3. The summed E-state index contributed by atoms with van der Waals surface area (Å²) < 4.78 is 19.6. The topological polar surface area (TPSA) is 67.5 Å². The second-order valence-corrected chi connectivity index (χ2v) is 8.15. The second kappa shape index (κ2) is 6.68. The molecule has 2 aliphatic carbocycles. The van der Waals surface area contributed by atoms with Gasteiger partial charge in [-0.1, -0.05) is 0 Å².